The molecule has 7 nitrogen and oxygen atoms in total. The lowest BCUT2D eigenvalue weighted by Crippen LogP contribution is -2.39. The van der Waals surface area contributed by atoms with Gasteiger partial charge in [-0.2, -0.15) is 0 Å². The molecule has 20 heavy (non-hydrogen) atoms. The molecular weight excluding hydrogens is 258 g/mol. The van der Waals surface area contributed by atoms with E-state index in [1.54, 1.807) is 4.57 Å². The zero-order valence-electron chi connectivity index (χ0n) is 12.5. The van der Waals surface area contributed by atoms with Crippen LogP contribution >= 0.6 is 0 Å². The van der Waals surface area contributed by atoms with Gasteiger partial charge in [-0.05, 0) is 27.7 Å². The number of hydrogen-bond donors (Lipinski definition) is 1. The highest BCUT2D eigenvalue weighted by Gasteiger charge is 2.21. The van der Waals surface area contributed by atoms with Gasteiger partial charge in [-0.3, -0.25) is 13.9 Å². The maximum absolute atomic E-state index is 12.4. The van der Waals surface area contributed by atoms with Gasteiger partial charge in [0.25, 0.3) is 5.56 Å². The second-order valence-corrected chi connectivity index (χ2v) is 5.40. The molecule has 2 rings (SSSR count). The number of aryl methyl sites for hydroxylation is 1. The Hall–Kier alpha value is -1.89. The van der Waals surface area contributed by atoms with E-state index < -0.39 is 0 Å². The highest BCUT2D eigenvalue weighted by molar-refractivity contribution is 5.71. The largest absolute Gasteiger partial charge is 0.332 e. The average molecular weight is 279 g/mol. The fourth-order valence-corrected chi connectivity index (χ4v) is 2.50. The van der Waals surface area contributed by atoms with Crippen LogP contribution in [0.15, 0.2) is 9.59 Å². The van der Waals surface area contributed by atoms with E-state index >= 15 is 0 Å². The number of hydrogen-bond acceptors (Lipinski definition) is 4. The van der Waals surface area contributed by atoms with Gasteiger partial charge in [-0.25, -0.2) is 9.78 Å². The molecule has 110 valence electrons. The zero-order chi connectivity index (χ0) is 15.2. The Balaban J connectivity index is 3.06. The number of imidazole rings is 1. The molecule has 7 heteroatoms. The van der Waals surface area contributed by atoms with Gasteiger partial charge >= 0.3 is 5.69 Å². The van der Waals surface area contributed by atoms with Gasteiger partial charge in [0, 0.05) is 25.7 Å². The number of aromatic nitrogens is 4. The van der Waals surface area contributed by atoms with Crippen LogP contribution in [0.5, 0.6) is 0 Å². The summed E-state index contributed by atoms with van der Waals surface area (Å²) in [5.41, 5.74) is 5.91. The molecule has 0 fully saturated rings. The van der Waals surface area contributed by atoms with Gasteiger partial charge in [0.15, 0.2) is 11.2 Å². The Labute approximate surface area is 116 Å². The molecule has 2 heterocycles. The van der Waals surface area contributed by atoms with E-state index in [4.69, 9.17) is 5.73 Å². The van der Waals surface area contributed by atoms with Gasteiger partial charge in [-0.15, -0.1) is 0 Å². The number of fused-ring (bicyclic) bond motifs is 1. The van der Waals surface area contributed by atoms with Crippen molar-refractivity contribution in [2.45, 2.75) is 39.8 Å². The maximum atomic E-state index is 12.4. The Morgan fingerprint density at radius 3 is 2.30 bits per heavy atom. The van der Waals surface area contributed by atoms with Crippen LogP contribution in [0.1, 0.15) is 38.7 Å². The van der Waals surface area contributed by atoms with Crippen LogP contribution in [0.2, 0.25) is 0 Å². The van der Waals surface area contributed by atoms with Crippen LogP contribution in [-0.4, -0.2) is 25.2 Å². The van der Waals surface area contributed by atoms with Crippen molar-refractivity contribution in [3.8, 4) is 0 Å². The summed E-state index contributed by atoms with van der Waals surface area (Å²) >= 11 is 0. The molecule has 0 spiro atoms. The zero-order valence-corrected chi connectivity index (χ0v) is 12.5. The Bertz CT molecular complexity index is 766. The lowest BCUT2D eigenvalue weighted by atomic mass is 10.3. The average Bonchev–Trinajstić information content (AvgIpc) is 2.72. The summed E-state index contributed by atoms with van der Waals surface area (Å²) in [7, 11) is 1.49. The molecule has 0 saturated carbocycles. The molecule has 2 aromatic heterocycles. The van der Waals surface area contributed by atoms with E-state index in [1.807, 2.05) is 32.3 Å². The second-order valence-electron chi connectivity index (χ2n) is 5.40. The first-order valence-electron chi connectivity index (χ1n) is 6.71. The molecule has 0 aliphatic carbocycles. The summed E-state index contributed by atoms with van der Waals surface area (Å²) in [5.74, 6) is 0.690. The van der Waals surface area contributed by atoms with Crippen LogP contribution in [0.3, 0.4) is 0 Å². The van der Waals surface area contributed by atoms with Crippen molar-refractivity contribution in [3.05, 3.63) is 26.7 Å². The minimum absolute atomic E-state index is 0.0502. The first-order chi connectivity index (χ1) is 9.31. The smallest absolute Gasteiger partial charge is 0.328 e. The van der Waals surface area contributed by atoms with E-state index in [0.717, 1.165) is 4.57 Å². The summed E-state index contributed by atoms with van der Waals surface area (Å²) < 4.78 is 4.49. The Kier molecular flexibility index (Phi) is 3.56. The minimum Gasteiger partial charge on any atom is -0.328 e. The Morgan fingerprint density at radius 2 is 1.80 bits per heavy atom. The van der Waals surface area contributed by atoms with Gasteiger partial charge in [0.2, 0.25) is 0 Å². The van der Waals surface area contributed by atoms with Crippen LogP contribution in [0.4, 0.5) is 0 Å². The van der Waals surface area contributed by atoms with Crippen molar-refractivity contribution < 1.29 is 0 Å². The van der Waals surface area contributed by atoms with Crippen molar-refractivity contribution in [2.75, 3.05) is 6.54 Å². The molecule has 0 amide bonds. The lowest BCUT2D eigenvalue weighted by molar-refractivity contribution is 0.542. The maximum Gasteiger partial charge on any atom is 0.332 e. The molecule has 2 aromatic rings. The number of nitrogens with zero attached hydrogens (tertiary/aromatic N) is 4. The quantitative estimate of drug-likeness (QED) is 0.875. The van der Waals surface area contributed by atoms with Crippen molar-refractivity contribution >= 4 is 11.2 Å². The minimum atomic E-state index is -0.345. The summed E-state index contributed by atoms with van der Waals surface area (Å²) in [6, 6.07) is -0.126. The number of rotatable bonds is 3. The van der Waals surface area contributed by atoms with Crippen molar-refractivity contribution in [3.63, 3.8) is 0 Å². The van der Waals surface area contributed by atoms with Crippen molar-refractivity contribution in [2.24, 2.45) is 12.8 Å². The highest BCUT2D eigenvalue weighted by atomic mass is 16.2. The SMILES string of the molecule is Cc1nc2c(c(=O)n(C)c(=O)n2C(C)C)n1C(C)CN. The third-order valence-corrected chi connectivity index (χ3v) is 3.60. The van der Waals surface area contributed by atoms with Crippen LogP contribution < -0.4 is 17.0 Å². The van der Waals surface area contributed by atoms with E-state index in [0.29, 0.717) is 23.5 Å². The standard InChI is InChI=1S/C13H21N5O2/c1-7(2)17-11-10(12(19)16(5)13(17)20)18(8(3)6-14)9(4)15-11/h7-8H,6,14H2,1-5H3. The summed E-state index contributed by atoms with van der Waals surface area (Å²) in [5, 5.41) is 0. The van der Waals surface area contributed by atoms with Crippen molar-refractivity contribution in [1.29, 1.82) is 0 Å². The predicted octanol–water partition coefficient (Wildman–Crippen LogP) is 0.306. The molecule has 1 atom stereocenters. The predicted molar refractivity (Wildman–Crippen MR) is 78.1 cm³/mol. The summed E-state index contributed by atoms with van der Waals surface area (Å²) in [6.45, 7) is 7.94. The first kappa shape index (κ1) is 14.5. The van der Waals surface area contributed by atoms with E-state index in [2.05, 4.69) is 4.98 Å². The van der Waals surface area contributed by atoms with Gasteiger partial charge in [0.05, 0.1) is 0 Å². The Morgan fingerprint density at radius 1 is 1.20 bits per heavy atom. The molecule has 0 bridgehead atoms. The molecule has 0 radical (unpaired) electrons. The second kappa shape index (κ2) is 4.90. The molecule has 0 aromatic carbocycles. The fraction of sp³-hybridized carbons (Fsp3) is 0.615. The van der Waals surface area contributed by atoms with E-state index in [-0.39, 0.29) is 23.3 Å². The van der Waals surface area contributed by atoms with Crippen molar-refractivity contribution in [1.82, 2.24) is 18.7 Å². The fourth-order valence-electron chi connectivity index (χ4n) is 2.50. The van der Waals surface area contributed by atoms with Gasteiger partial charge < -0.3 is 10.3 Å². The van der Waals surface area contributed by atoms with Gasteiger partial charge in [0.1, 0.15) is 5.82 Å². The third kappa shape index (κ3) is 1.89. The normalized spacial score (nSPS) is 13.3. The topological polar surface area (TPSA) is 87.8 Å². The van der Waals surface area contributed by atoms with E-state index in [9.17, 15) is 9.59 Å². The third-order valence-electron chi connectivity index (χ3n) is 3.60. The monoisotopic (exact) mass is 279 g/mol. The first-order valence-corrected chi connectivity index (χ1v) is 6.71. The van der Waals surface area contributed by atoms with Crippen LogP contribution in [-0.2, 0) is 7.05 Å². The summed E-state index contributed by atoms with van der Waals surface area (Å²) in [6.07, 6.45) is 0. The van der Waals surface area contributed by atoms with Gasteiger partial charge in [-0.1, -0.05) is 0 Å². The molecule has 1 unspecified atom stereocenters. The van der Waals surface area contributed by atoms with Crippen LogP contribution in [0, 0.1) is 6.92 Å². The van der Waals surface area contributed by atoms with Crippen LogP contribution in [0.25, 0.3) is 11.2 Å². The number of nitrogens with two attached hydrogens (primary N) is 1. The molecule has 0 aliphatic rings. The molecule has 2 N–H and O–H groups in total. The summed E-state index contributed by atoms with van der Waals surface area (Å²) in [4.78, 5) is 29.1. The molecule has 0 saturated heterocycles. The molecular formula is C13H21N5O2. The van der Waals surface area contributed by atoms with E-state index in [1.165, 1.54) is 7.05 Å². The lowest BCUT2D eigenvalue weighted by Gasteiger charge is -2.15. The molecule has 0 aliphatic heterocycles. The highest BCUT2D eigenvalue weighted by Crippen LogP contribution is 2.18.